The van der Waals surface area contributed by atoms with Crippen molar-refractivity contribution in [3.05, 3.63) is 34.9 Å². The fourth-order valence-corrected chi connectivity index (χ4v) is 1.84. The van der Waals surface area contributed by atoms with Crippen LogP contribution in [0.5, 0.6) is 0 Å². The molecule has 1 unspecified atom stereocenters. The highest BCUT2D eigenvalue weighted by Gasteiger charge is 2.03. The molecule has 0 spiro atoms. The number of hydrogen-bond donors (Lipinski definition) is 2. The van der Waals surface area contributed by atoms with Gasteiger partial charge in [0.2, 0.25) is 0 Å². The van der Waals surface area contributed by atoms with Gasteiger partial charge in [-0.1, -0.05) is 23.8 Å². The molecule has 0 bridgehead atoms. The van der Waals surface area contributed by atoms with Gasteiger partial charge in [-0.25, -0.2) is 0 Å². The molecular weight excluding hydrogens is 224 g/mol. The number of nitrogens with one attached hydrogen (secondary N) is 2. The third kappa shape index (κ3) is 5.63. The Morgan fingerprint density at radius 2 is 2.06 bits per heavy atom. The molecular formula is C15H26N2O. The van der Waals surface area contributed by atoms with E-state index in [1.54, 1.807) is 7.11 Å². The van der Waals surface area contributed by atoms with Crippen LogP contribution in [0, 0.1) is 13.8 Å². The van der Waals surface area contributed by atoms with E-state index in [2.05, 4.69) is 49.6 Å². The largest absolute Gasteiger partial charge is 0.383 e. The van der Waals surface area contributed by atoms with Gasteiger partial charge in [0.25, 0.3) is 0 Å². The lowest BCUT2D eigenvalue weighted by atomic mass is 10.1. The minimum Gasteiger partial charge on any atom is -0.383 e. The molecule has 0 aliphatic carbocycles. The topological polar surface area (TPSA) is 33.3 Å². The maximum absolute atomic E-state index is 5.00. The molecule has 3 heteroatoms. The zero-order valence-corrected chi connectivity index (χ0v) is 12.0. The van der Waals surface area contributed by atoms with Crippen molar-refractivity contribution in [3.63, 3.8) is 0 Å². The number of ether oxygens (including phenoxy) is 1. The Bertz CT molecular complexity index is 352. The van der Waals surface area contributed by atoms with Gasteiger partial charge in [0, 0.05) is 32.8 Å². The Morgan fingerprint density at radius 3 is 2.78 bits per heavy atom. The van der Waals surface area contributed by atoms with E-state index in [1.807, 2.05) is 0 Å². The van der Waals surface area contributed by atoms with Crippen LogP contribution in [0.25, 0.3) is 0 Å². The SMILES string of the molecule is COCCNCC(C)NCc1cc(C)ccc1C. The van der Waals surface area contributed by atoms with Crippen molar-refractivity contribution in [1.82, 2.24) is 10.6 Å². The molecule has 0 aromatic heterocycles. The van der Waals surface area contributed by atoms with Crippen LogP contribution in [-0.4, -0.2) is 32.8 Å². The smallest absolute Gasteiger partial charge is 0.0587 e. The van der Waals surface area contributed by atoms with Crippen LogP contribution in [0.4, 0.5) is 0 Å². The van der Waals surface area contributed by atoms with Crippen LogP contribution < -0.4 is 10.6 Å². The normalized spacial score (nSPS) is 12.7. The van der Waals surface area contributed by atoms with Crippen LogP contribution in [0.15, 0.2) is 18.2 Å². The van der Waals surface area contributed by atoms with E-state index in [4.69, 9.17) is 4.74 Å². The number of benzene rings is 1. The summed E-state index contributed by atoms with van der Waals surface area (Å²) in [7, 11) is 1.73. The molecule has 0 aliphatic heterocycles. The number of methoxy groups -OCH3 is 1. The molecule has 1 aromatic carbocycles. The quantitative estimate of drug-likeness (QED) is 0.693. The molecule has 0 aliphatic rings. The summed E-state index contributed by atoms with van der Waals surface area (Å²) < 4.78 is 5.00. The minimum absolute atomic E-state index is 0.460. The van der Waals surface area contributed by atoms with Crippen LogP contribution >= 0.6 is 0 Å². The van der Waals surface area contributed by atoms with Crippen molar-refractivity contribution >= 4 is 0 Å². The molecule has 0 amide bonds. The average molecular weight is 250 g/mol. The standard InChI is InChI=1S/C15H26N2O/c1-12-5-6-13(2)15(9-12)11-17-14(3)10-16-7-8-18-4/h5-6,9,14,16-17H,7-8,10-11H2,1-4H3. The van der Waals surface area contributed by atoms with Gasteiger partial charge in [-0.2, -0.15) is 0 Å². The van der Waals surface area contributed by atoms with Crippen molar-refractivity contribution in [1.29, 1.82) is 0 Å². The Morgan fingerprint density at radius 1 is 1.28 bits per heavy atom. The van der Waals surface area contributed by atoms with E-state index in [0.29, 0.717) is 6.04 Å². The van der Waals surface area contributed by atoms with Crippen LogP contribution in [0.3, 0.4) is 0 Å². The molecule has 1 atom stereocenters. The zero-order valence-electron chi connectivity index (χ0n) is 12.0. The Kier molecular flexibility index (Phi) is 6.94. The van der Waals surface area contributed by atoms with Gasteiger partial charge in [-0.15, -0.1) is 0 Å². The summed E-state index contributed by atoms with van der Waals surface area (Å²) >= 11 is 0. The third-order valence-electron chi connectivity index (χ3n) is 3.08. The van der Waals surface area contributed by atoms with E-state index >= 15 is 0 Å². The number of hydrogen-bond acceptors (Lipinski definition) is 3. The Balaban J connectivity index is 2.29. The highest BCUT2D eigenvalue weighted by molar-refractivity contribution is 5.30. The minimum atomic E-state index is 0.460. The van der Waals surface area contributed by atoms with Gasteiger partial charge in [0.1, 0.15) is 0 Å². The van der Waals surface area contributed by atoms with E-state index in [1.165, 1.54) is 16.7 Å². The summed E-state index contributed by atoms with van der Waals surface area (Å²) in [6.45, 7) is 10.1. The van der Waals surface area contributed by atoms with E-state index in [-0.39, 0.29) is 0 Å². The third-order valence-corrected chi connectivity index (χ3v) is 3.08. The molecule has 0 radical (unpaired) electrons. The number of rotatable bonds is 8. The molecule has 3 nitrogen and oxygen atoms in total. The molecule has 0 fully saturated rings. The second-order valence-electron chi connectivity index (χ2n) is 4.91. The highest BCUT2D eigenvalue weighted by atomic mass is 16.5. The lowest BCUT2D eigenvalue weighted by Crippen LogP contribution is -2.37. The van der Waals surface area contributed by atoms with Crippen molar-refractivity contribution in [2.24, 2.45) is 0 Å². The zero-order chi connectivity index (χ0) is 13.4. The molecule has 1 aromatic rings. The van der Waals surface area contributed by atoms with Gasteiger partial charge in [0.05, 0.1) is 6.61 Å². The van der Waals surface area contributed by atoms with Gasteiger partial charge in [-0.3, -0.25) is 0 Å². The first-order valence-corrected chi connectivity index (χ1v) is 6.62. The molecule has 0 saturated heterocycles. The monoisotopic (exact) mass is 250 g/mol. The van der Waals surface area contributed by atoms with Gasteiger partial charge in [-0.05, 0) is 31.9 Å². The van der Waals surface area contributed by atoms with Gasteiger partial charge >= 0.3 is 0 Å². The van der Waals surface area contributed by atoms with Crippen LogP contribution in [-0.2, 0) is 11.3 Å². The molecule has 0 heterocycles. The summed E-state index contributed by atoms with van der Waals surface area (Å²) in [5, 5.41) is 6.90. The molecule has 0 saturated carbocycles. The summed E-state index contributed by atoms with van der Waals surface area (Å²) in [5.41, 5.74) is 4.06. The summed E-state index contributed by atoms with van der Waals surface area (Å²) in [5.74, 6) is 0. The predicted molar refractivity (Wildman–Crippen MR) is 77.0 cm³/mol. The number of aryl methyl sites for hydroxylation is 2. The maximum Gasteiger partial charge on any atom is 0.0587 e. The molecule has 1 rings (SSSR count). The summed E-state index contributed by atoms with van der Waals surface area (Å²) in [6.07, 6.45) is 0. The lowest BCUT2D eigenvalue weighted by molar-refractivity contribution is 0.198. The highest BCUT2D eigenvalue weighted by Crippen LogP contribution is 2.10. The van der Waals surface area contributed by atoms with Crippen molar-refractivity contribution in [2.45, 2.75) is 33.4 Å². The van der Waals surface area contributed by atoms with Crippen LogP contribution in [0.1, 0.15) is 23.6 Å². The molecule has 18 heavy (non-hydrogen) atoms. The van der Waals surface area contributed by atoms with E-state index in [0.717, 1.165) is 26.2 Å². The van der Waals surface area contributed by atoms with Gasteiger partial charge in [0.15, 0.2) is 0 Å². The molecule has 2 N–H and O–H groups in total. The fraction of sp³-hybridized carbons (Fsp3) is 0.600. The predicted octanol–water partition coefficient (Wildman–Crippen LogP) is 2.02. The Labute approximate surface area is 111 Å². The van der Waals surface area contributed by atoms with Crippen LogP contribution in [0.2, 0.25) is 0 Å². The summed E-state index contributed by atoms with van der Waals surface area (Å²) in [4.78, 5) is 0. The van der Waals surface area contributed by atoms with Gasteiger partial charge < -0.3 is 15.4 Å². The maximum atomic E-state index is 5.00. The van der Waals surface area contributed by atoms with Crippen molar-refractivity contribution in [2.75, 3.05) is 26.8 Å². The van der Waals surface area contributed by atoms with Crippen molar-refractivity contribution < 1.29 is 4.74 Å². The van der Waals surface area contributed by atoms with Crippen molar-refractivity contribution in [3.8, 4) is 0 Å². The first kappa shape index (κ1) is 15.2. The first-order chi connectivity index (χ1) is 8.63. The van der Waals surface area contributed by atoms with E-state index in [9.17, 15) is 0 Å². The second-order valence-corrected chi connectivity index (χ2v) is 4.91. The lowest BCUT2D eigenvalue weighted by Gasteiger charge is -2.16. The fourth-order valence-electron chi connectivity index (χ4n) is 1.84. The molecule has 102 valence electrons. The first-order valence-electron chi connectivity index (χ1n) is 6.62. The average Bonchev–Trinajstić information content (AvgIpc) is 2.36. The second kappa shape index (κ2) is 8.25. The van der Waals surface area contributed by atoms with E-state index < -0.39 is 0 Å². The Hall–Kier alpha value is -0.900. The summed E-state index contributed by atoms with van der Waals surface area (Å²) in [6, 6.07) is 7.07.